The normalized spacial score (nSPS) is 14.5. The molecule has 164 valence electrons. The van der Waals surface area contributed by atoms with Gasteiger partial charge in [-0.15, -0.1) is 35.7 Å². The minimum atomic E-state index is -0.271. The molecule has 1 aliphatic heterocycles. The van der Waals surface area contributed by atoms with Crippen LogP contribution in [0.5, 0.6) is 5.75 Å². The minimum Gasteiger partial charge on any atom is -0.503 e. The lowest BCUT2D eigenvalue weighted by atomic mass is 10.1. The van der Waals surface area contributed by atoms with E-state index >= 15 is 0 Å². The number of hydrogen-bond donors (Lipinski definition) is 2. The fourth-order valence-electron chi connectivity index (χ4n) is 3.10. The van der Waals surface area contributed by atoms with Crippen LogP contribution in [0.3, 0.4) is 0 Å². The number of hydrogen-bond acceptors (Lipinski definition) is 6. The van der Waals surface area contributed by atoms with E-state index in [9.17, 15) is 14.7 Å². The second-order valence-electron chi connectivity index (χ2n) is 7.22. The zero-order valence-electron chi connectivity index (χ0n) is 17.8. The first kappa shape index (κ1) is 24.1. The van der Waals surface area contributed by atoms with Crippen LogP contribution in [-0.2, 0) is 0 Å². The number of fused-ring (bicyclic) bond motifs is 2. The van der Waals surface area contributed by atoms with E-state index in [0.717, 1.165) is 20.1 Å². The SMILES string of the molecule is CC1CC(=O)c2ccccc2S1.Cc1sc2ccccc2c(=O)c1O.Sc1ccccc1. The average molecular weight is 481 g/mol. The van der Waals surface area contributed by atoms with Gasteiger partial charge in [0.2, 0.25) is 5.43 Å². The molecule has 3 nitrogen and oxygen atoms in total. The summed E-state index contributed by atoms with van der Waals surface area (Å²) in [5.41, 5.74) is 0.632. The molecular weight excluding hydrogens is 456 g/mol. The van der Waals surface area contributed by atoms with Crippen molar-refractivity contribution in [1.29, 1.82) is 0 Å². The maximum atomic E-state index is 11.5. The van der Waals surface area contributed by atoms with Gasteiger partial charge in [0, 0.05) is 42.0 Å². The van der Waals surface area contributed by atoms with Gasteiger partial charge in [0.15, 0.2) is 11.5 Å². The first-order valence-electron chi connectivity index (χ1n) is 10.1. The molecule has 1 atom stereocenters. The Kier molecular flexibility index (Phi) is 8.56. The van der Waals surface area contributed by atoms with Gasteiger partial charge in [0.25, 0.3) is 0 Å². The number of rotatable bonds is 0. The van der Waals surface area contributed by atoms with E-state index in [1.54, 1.807) is 30.8 Å². The van der Waals surface area contributed by atoms with Crippen LogP contribution >= 0.6 is 35.7 Å². The summed E-state index contributed by atoms with van der Waals surface area (Å²) in [4.78, 5) is 25.8. The summed E-state index contributed by atoms with van der Waals surface area (Å²) in [6.07, 6.45) is 0.682. The van der Waals surface area contributed by atoms with Crippen molar-refractivity contribution < 1.29 is 9.90 Å². The Balaban J connectivity index is 0.000000142. The second kappa shape index (κ2) is 11.4. The van der Waals surface area contributed by atoms with E-state index in [1.807, 2.05) is 66.7 Å². The van der Waals surface area contributed by atoms with Crippen molar-refractivity contribution >= 4 is 51.6 Å². The van der Waals surface area contributed by atoms with E-state index in [1.165, 1.54) is 11.3 Å². The molecule has 0 saturated carbocycles. The smallest absolute Gasteiger partial charge is 0.229 e. The van der Waals surface area contributed by atoms with E-state index in [2.05, 4.69) is 19.6 Å². The van der Waals surface area contributed by atoms with E-state index in [0.29, 0.717) is 21.9 Å². The molecule has 0 saturated heterocycles. The van der Waals surface area contributed by atoms with Crippen molar-refractivity contribution in [3.63, 3.8) is 0 Å². The van der Waals surface area contributed by atoms with Gasteiger partial charge < -0.3 is 5.11 Å². The van der Waals surface area contributed by atoms with Crippen LogP contribution in [0.25, 0.3) is 10.1 Å². The van der Waals surface area contributed by atoms with Crippen LogP contribution in [-0.4, -0.2) is 16.1 Å². The molecule has 0 bridgehead atoms. The molecule has 32 heavy (non-hydrogen) atoms. The van der Waals surface area contributed by atoms with E-state index < -0.39 is 0 Å². The summed E-state index contributed by atoms with van der Waals surface area (Å²) in [5.74, 6) is 0.167. The van der Waals surface area contributed by atoms with Gasteiger partial charge in [-0.25, -0.2) is 0 Å². The molecule has 0 aliphatic carbocycles. The minimum absolute atomic E-state index is 0.122. The largest absolute Gasteiger partial charge is 0.503 e. The van der Waals surface area contributed by atoms with Gasteiger partial charge in [-0.1, -0.05) is 55.5 Å². The first-order valence-corrected chi connectivity index (χ1v) is 12.3. The zero-order valence-corrected chi connectivity index (χ0v) is 20.3. The summed E-state index contributed by atoms with van der Waals surface area (Å²) in [6, 6.07) is 24.9. The van der Waals surface area contributed by atoms with E-state index in [4.69, 9.17) is 0 Å². The summed E-state index contributed by atoms with van der Waals surface area (Å²) in [6.45, 7) is 3.84. The van der Waals surface area contributed by atoms with E-state index in [-0.39, 0.29) is 17.0 Å². The average Bonchev–Trinajstić information content (AvgIpc) is 2.79. The molecule has 1 unspecified atom stereocenters. The van der Waals surface area contributed by atoms with Crippen LogP contribution in [0.15, 0.2) is 93.4 Å². The highest BCUT2D eigenvalue weighted by Gasteiger charge is 2.21. The number of thioether (sulfide) groups is 1. The lowest BCUT2D eigenvalue weighted by molar-refractivity contribution is 0.0978. The van der Waals surface area contributed by atoms with Crippen LogP contribution in [0.1, 0.15) is 28.6 Å². The molecule has 0 fully saturated rings. The van der Waals surface area contributed by atoms with Gasteiger partial charge in [-0.05, 0) is 37.3 Å². The third kappa shape index (κ3) is 6.25. The molecule has 6 heteroatoms. The number of benzene rings is 3. The van der Waals surface area contributed by atoms with Crippen LogP contribution < -0.4 is 5.43 Å². The predicted octanol–water partition coefficient (Wildman–Crippen LogP) is 7.00. The van der Waals surface area contributed by atoms with Crippen molar-refractivity contribution in [2.24, 2.45) is 0 Å². The Hall–Kier alpha value is -2.54. The molecule has 2 heterocycles. The Morgan fingerprint density at radius 2 is 1.53 bits per heavy atom. The molecule has 1 N–H and O–H groups in total. The summed E-state index contributed by atoms with van der Waals surface area (Å²) in [7, 11) is 0. The van der Waals surface area contributed by atoms with Gasteiger partial charge in [0.1, 0.15) is 0 Å². The number of aromatic hydroxyl groups is 1. The summed E-state index contributed by atoms with van der Waals surface area (Å²) < 4.78 is 0.919. The van der Waals surface area contributed by atoms with Crippen molar-refractivity contribution in [3.05, 3.63) is 99.5 Å². The van der Waals surface area contributed by atoms with Gasteiger partial charge >= 0.3 is 0 Å². The van der Waals surface area contributed by atoms with Gasteiger partial charge in [0.05, 0.1) is 0 Å². The Bertz CT molecular complexity index is 1270. The number of Topliss-reactive ketones (excluding diaryl/α,β-unsaturated/α-hetero) is 1. The fraction of sp³-hybridized carbons (Fsp3) is 0.154. The Labute approximate surface area is 201 Å². The van der Waals surface area contributed by atoms with Crippen LogP contribution in [0, 0.1) is 6.92 Å². The molecule has 5 rings (SSSR count). The third-order valence-electron chi connectivity index (χ3n) is 4.69. The second-order valence-corrected chi connectivity index (χ2v) is 10.5. The lowest BCUT2D eigenvalue weighted by Gasteiger charge is -2.18. The molecule has 0 amide bonds. The molecule has 4 aromatic rings. The first-order chi connectivity index (χ1) is 15.4. The zero-order chi connectivity index (χ0) is 23.1. The standard InChI is InChI=1S/C10H8O2S.C10H10OS.C6H6S/c1-6-9(11)10(12)7-4-2-3-5-8(7)13-6;1-7-6-9(11)8-4-2-3-5-10(8)12-7;7-6-4-2-1-3-5-6/h2-5,11H,1H3;2-5,7H,6H2,1H3;1-5,7H. The summed E-state index contributed by atoms with van der Waals surface area (Å²) in [5, 5.41) is 10.4. The van der Waals surface area contributed by atoms with Crippen LogP contribution in [0.4, 0.5) is 0 Å². The van der Waals surface area contributed by atoms with Crippen molar-refractivity contribution in [1.82, 2.24) is 0 Å². The number of ketones is 1. The number of aryl methyl sites for hydroxylation is 1. The highest BCUT2D eigenvalue weighted by atomic mass is 32.2. The lowest BCUT2D eigenvalue weighted by Crippen LogP contribution is -2.14. The highest BCUT2D eigenvalue weighted by Crippen LogP contribution is 2.34. The fourth-order valence-corrected chi connectivity index (χ4v) is 5.34. The maximum absolute atomic E-state index is 11.5. The summed E-state index contributed by atoms with van der Waals surface area (Å²) >= 11 is 7.31. The molecule has 1 aromatic heterocycles. The quantitative estimate of drug-likeness (QED) is 0.266. The van der Waals surface area contributed by atoms with Crippen molar-refractivity contribution in [2.75, 3.05) is 0 Å². The highest BCUT2D eigenvalue weighted by molar-refractivity contribution is 8.00. The van der Waals surface area contributed by atoms with Crippen LogP contribution in [0.2, 0.25) is 0 Å². The van der Waals surface area contributed by atoms with Gasteiger partial charge in [-0.2, -0.15) is 0 Å². The Morgan fingerprint density at radius 1 is 0.906 bits per heavy atom. The molecular formula is C26H24O3S3. The monoisotopic (exact) mass is 480 g/mol. The number of thiol groups is 1. The number of carbonyl (C=O) groups is 1. The molecule has 3 aromatic carbocycles. The predicted molar refractivity (Wildman–Crippen MR) is 139 cm³/mol. The molecule has 0 spiro atoms. The van der Waals surface area contributed by atoms with Crippen molar-refractivity contribution in [3.8, 4) is 5.75 Å². The maximum Gasteiger partial charge on any atom is 0.229 e. The third-order valence-corrected chi connectivity index (χ3v) is 7.24. The molecule has 0 radical (unpaired) electrons. The Morgan fingerprint density at radius 3 is 2.22 bits per heavy atom. The van der Waals surface area contributed by atoms with Crippen molar-refractivity contribution in [2.45, 2.75) is 35.3 Å². The molecule has 1 aliphatic rings. The van der Waals surface area contributed by atoms with Gasteiger partial charge in [-0.3, -0.25) is 9.59 Å². The topological polar surface area (TPSA) is 54.4 Å². The number of carbonyl (C=O) groups excluding carboxylic acids is 1.